The first kappa shape index (κ1) is 14.0. The molecule has 1 amide bonds. The predicted octanol–water partition coefficient (Wildman–Crippen LogP) is 0.976. The van der Waals surface area contributed by atoms with E-state index >= 15 is 0 Å². The van der Waals surface area contributed by atoms with Crippen molar-refractivity contribution in [2.45, 2.75) is 25.6 Å². The van der Waals surface area contributed by atoms with Crippen LogP contribution in [0.5, 0.6) is 0 Å². The molecule has 2 atom stereocenters. The number of hydrogen-bond donors (Lipinski definition) is 1. The molecule has 1 aliphatic rings. The van der Waals surface area contributed by atoms with Crippen molar-refractivity contribution in [3.05, 3.63) is 35.6 Å². The summed E-state index contributed by atoms with van der Waals surface area (Å²) in [7, 11) is 0. The quantitative estimate of drug-likeness (QED) is 0.888. The summed E-state index contributed by atoms with van der Waals surface area (Å²) in [6, 6.07) is 5.92. The van der Waals surface area contributed by atoms with Gasteiger partial charge in [-0.05, 0) is 24.6 Å². The van der Waals surface area contributed by atoms with Crippen molar-refractivity contribution in [1.29, 1.82) is 0 Å². The van der Waals surface area contributed by atoms with Gasteiger partial charge < -0.3 is 14.7 Å². The van der Waals surface area contributed by atoms with Gasteiger partial charge in [0.25, 0.3) is 0 Å². The van der Waals surface area contributed by atoms with Crippen LogP contribution in [0.2, 0.25) is 0 Å². The van der Waals surface area contributed by atoms with Gasteiger partial charge in [0.2, 0.25) is 5.91 Å². The van der Waals surface area contributed by atoms with Gasteiger partial charge in [0, 0.05) is 13.1 Å². The fourth-order valence-electron chi connectivity index (χ4n) is 2.24. The number of aliphatic hydroxyl groups is 1. The molecule has 2 unspecified atom stereocenters. The van der Waals surface area contributed by atoms with Crippen molar-refractivity contribution >= 4 is 5.91 Å². The molecular weight excluding hydrogens is 249 g/mol. The van der Waals surface area contributed by atoms with Gasteiger partial charge in [-0.15, -0.1) is 0 Å². The molecule has 0 aliphatic carbocycles. The zero-order chi connectivity index (χ0) is 13.8. The Balaban J connectivity index is 1.97. The molecule has 1 saturated heterocycles. The molecule has 1 aromatic carbocycles. The maximum Gasteiger partial charge on any atom is 0.227 e. The minimum absolute atomic E-state index is 0.0276. The average molecular weight is 267 g/mol. The predicted molar refractivity (Wildman–Crippen MR) is 68.1 cm³/mol. The van der Waals surface area contributed by atoms with Crippen LogP contribution < -0.4 is 0 Å². The van der Waals surface area contributed by atoms with Crippen LogP contribution in [0.1, 0.15) is 12.5 Å². The summed E-state index contributed by atoms with van der Waals surface area (Å²) < 4.78 is 18.3. The number of ether oxygens (including phenoxy) is 1. The van der Waals surface area contributed by atoms with Gasteiger partial charge in [0.15, 0.2) is 0 Å². The standard InChI is InChI=1S/C14H18FNO3/c1-10-7-16(8-13(9-17)19-10)14(18)6-11-2-4-12(15)5-3-11/h2-5,10,13,17H,6-9H2,1H3. The lowest BCUT2D eigenvalue weighted by Gasteiger charge is -2.36. The van der Waals surface area contributed by atoms with Gasteiger partial charge in [0.1, 0.15) is 5.82 Å². The number of nitrogens with zero attached hydrogens (tertiary/aromatic N) is 1. The van der Waals surface area contributed by atoms with E-state index in [0.717, 1.165) is 5.56 Å². The summed E-state index contributed by atoms with van der Waals surface area (Å²) in [6.07, 6.45) is -0.158. The van der Waals surface area contributed by atoms with Crippen molar-refractivity contribution in [3.63, 3.8) is 0 Å². The lowest BCUT2D eigenvalue weighted by Crippen LogP contribution is -2.50. The van der Waals surface area contributed by atoms with Crippen molar-refractivity contribution in [2.75, 3.05) is 19.7 Å². The van der Waals surface area contributed by atoms with Crippen molar-refractivity contribution < 1.29 is 19.0 Å². The van der Waals surface area contributed by atoms with Crippen LogP contribution in [0.3, 0.4) is 0 Å². The minimum Gasteiger partial charge on any atom is -0.394 e. The molecule has 0 aromatic heterocycles. The van der Waals surface area contributed by atoms with Crippen LogP contribution >= 0.6 is 0 Å². The van der Waals surface area contributed by atoms with E-state index in [0.29, 0.717) is 13.1 Å². The third-order valence-electron chi connectivity index (χ3n) is 3.15. The molecule has 4 nitrogen and oxygen atoms in total. The number of aliphatic hydroxyl groups excluding tert-OH is 1. The molecule has 2 rings (SSSR count). The Bertz CT molecular complexity index is 435. The van der Waals surface area contributed by atoms with Crippen LogP contribution in [0.25, 0.3) is 0 Å². The summed E-state index contributed by atoms with van der Waals surface area (Å²) in [4.78, 5) is 13.8. The van der Waals surface area contributed by atoms with E-state index in [1.807, 2.05) is 6.92 Å². The fourth-order valence-corrected chi connectivity index (χ4v) is 2.24. The zero-order valence-corrected chi connectivity index (χ0v) is 10.9. The second-order valence-electron chi connectivity index (χ2n) is 4.85. The SMILES string of the molecule is CC1CN(C(=O)Cc2ccc(F)cc2)CC(CO)O1. The number of benzene rings is 1. The molecule has 0 saturated carbocycles. The number of morpholine rings is 1. The Labute approximate surface area is 111 Å². The Morgan fingerprint density at radius 3 is 2.74 bits per heavy atom. The Kier molecular flexibility index (Phi) is 4.50. The number of rotatable bonds is 3. The number of hydrogen-bond acceptors (Lipinski definition) is 3. The molecule has 0 spiro atoms. The van der Waals surface area contributed by atoms with E-state index in [4.69, 9.17) is 9.84 Å². The highest BCUT2D eigenvalue weighted by Crippen LogP contribution is 2.13. The van der Waals surface area contributed by atoms with Gasteiger partial charge in [-0.2, -0.15) is 0 Å². The molecule has 104 valence electrons. The molecule has 1 heterocycles. The molecule has 1 aliphatic heterocycles. The Hall–Kier alpha value is -1.46. The second-order valence-corrected chi connectivity index (χ2v) is 4.85. The van der Waals surface area contributed by atoms with Gasteiger partial charge >= 0.3 is 0 Å². The van der Waals surface area contributed by atoms with Gasteiger partial charge in [-0.25, -0.2) is 4.39 Å². The van der Waals surface area contributed by atoms with Crippen molar-refractivity contribution in [2.24, 2.45) is 0 Å². The highest BCUT2D eigenvalue weighted by atomic mass is 19.1. The number of amides is 1. The van der Waals surface area contributed by atoms with Crippen LogP contribution in [-0.4, -0.2) is 47.8 Å². The molecule has 0 radical (unpaired) electrons. The topological polar surface area (TPSA) is 49.8 Å². The molecule has 1 fully saturated rings. The van der Waals surface area contributed by atoms with E-state index in [-0.39, 0.29) is 37.0 Å². The summed E-state index contributed by atoms with van der Waals surface area (Å²) >= 11 is 0. The van der Waals surface area contributed by atoms with Crippen LogP contribution in [0.15, 0.2) is 24.3 Å². The smallest absolute Gasteiger partial charge is 0.227 e. The molecule has 19 heavy (non-hydrogen) atoms. The summed E-state index contributed by atoms with van der Waals surface area (Å²) in [5, 5.41) is 9.12. The van der Waals surface area contributed by atoms with Crippen molar-refractivity contribution in [1.82, 2.24) is 4.90 Å². The largest absolute Gasteiger partial charge is 0.394 e. The van der Waals surface area contributed by atoms with E-state index < -0.39 is 0 Å². The number of carbonyl (C=O) groups is 1. The first-order chi connectivity index (χ1) is 9.08. The maximum atomic E-state index is 12.8. The van der Waals surface area contributed by atoms with E-state index in [1.165, 1.54) is 12.1 Å². The van der Waals surface area contributed by atoms with E-state index in [2.05, 4.69) is 0 Å². The first-order valence-electron chi connectivity index (χ1n) is 6.37. The highest BCUT2D eigenvalue weighted by molar-refractivity contribution is 5.78. The third kappa shape index (κ3) is 3.75. The van der Waals surface area contributed by atoms with Crippen LogP contribution in [0, 0.1) is 5.82 Å². The normalized spacial score (nSPS) is 23.4. The van der Waals surface area contributed by atoms with Gasteiger partial charge in [-0.1, -0.05) is 12.1 Å². The Morgan fingerprint density at radius 1 is 1.42 bits per heavy atom. The Morgan fingerprint density at radius 2 is 2.11 bits per heavy atom. The fraction of sp³-hybridized carbons (Fsp3) is 0.500. The molecule has 1 N–H and O–H groups in total. The van der Waals surface area contributed by atoms with Gasteiger partial charge in [-0.3, -0.25) is 4.79 Å². The number of carbonyl (C=O) groups excluding carboxylic acids is 1. The third-order valence-corrected chi connectivity index (χ3v) is 3.15. The molecule has 1 aromatic rings. The second kappa shape index (κ2) is 6.12. The molecule has 5 heteroatoms. The summed E-state index contributed by atoms with van der Waals surface area (Å²) in [5.74, 6) is -0.336. The highest BCUT2D eigenvalue weighted by Gasteiger charge is 2.27. The lowest BCUT2D eigenvalue weighted by molar-refractivity contribution is -0.146. The first-order valence-corrected chi connectivity index (χ1v) is 6.37. The van der Waals surface area contributed by atoms with Crippen molar-refractivity contribution in [3.8, 4) is 0 Å². The van der Waals surface area contributed by atoms with Crippen LogP contribution in [-0.2, 0) is 16.0 Å². The average Bonchev–Trinajstić information content (AvgIpc) is 2.40. The summed E-state index contributed by atoms with van der Waals surface area (Å²) in [5.41, 5.74) is 0.783. The monoisotopic (exact) mass is 267 g/mol. The van der Waals surface area contributed by atoms with E-state index in [1.54, 1.807) is 17.0 Å². The van der Waals surface area contributed by atoms with Gasteiger partial charge in [0.05, 0.1) is 25.2 Å². The molecule has 0 bridgehead atoms. The van der Waals surface area contributed by atoms with Crippen LogP contribution in [0.4, 0.5) is 4.39 Å². The lowest BCUT2D eigenvalue weighted by atomic mass is 10.1. The number of halogens is 1. The zero-order valence-electron chi connectivity index (χ0n) is 10.9. The van der Waals surface area contributed by atoms with E-state index in [9.17, 15) is 9.18 Å². The molecular formula is C14H18FNO3. The maximum absolute atomic E-state index is 12.8. The summed E-state index contributed by atoms with van der Waals surface area (Å²) in [6.45, 7) is 2.71. The minimum atomic E-state index is -0.319.